The normalized spacial score (nSPS) is 12.5. The van der Waals surface area contributed by atoms with Gasteiger partial charge in [-0.25, -0.2) is 0 Å². The molecule has 1 rings (SSSR count). The number of nitrogen functional groups attached to an aromatic ring is 1. The number of carbonyl (C=O) groups is 1. The van der Waals surface area contributed by atoms with E-state index in [1.165, 1.54) is 0 Å². The van der Waals surface area contributed by atoms with Gasteiger partial charge < -0.3 is 15.8 Å². The number of amides is 1. The molecular weight excluding hydrogens is 240 g/mol. The first kappa shape index (κ1) is 15.5. The first-order valence-electron chi connectivity index (χ1n) is 6.70. The highest BCUT2D eigenvalue weighted by molar-refractivity contribution is 5.95. The SMILES string of the molecule is CCOCC(NC(=O)c1ccc(N)c(C)c1)C(C)C. The Bertz CT molecular complexity index is 430. The molecule has 1 aromatic carbocycles. The average molecular weight is 264 g/mol. The fourth-order valence-corrected chi connectivity index (χ4v) is 1.71. The van der Waals surface area contributed by atoms with Crippen molar-refractivity contribution in [1.82, 2.24) is 5.32 Å². The first-order valence-corrected chi connectivity index (χ1v) is 6.70. The Morgan fingerprint density at radius 1 is 1.42 bits per heavy atom. The summed E-state index contributed by atoms with van der Waals surface area (Å²) >= 11 is 0. The van der Waals surface area contributed by atoms with Gasteiger partial charge in [0.05, 0.1) is 12.6 Å². The van der Waals surface area contributed by atoms with Crippen LogP contribution in [0.1, 0.15) is 36.7 Å². The van der Waals surface area contributed by atoms with Crippen molar-refractivity contribution in [3.05, 3.63) is 29.3 Å². The predicted molar refractivity (Wildman–Crippen MR) is 78.2 cm³/mol. The minimum atomic E-state index is -0.0819. The highest BCUT2D eigenvalue weighted by Crippen LogP contribution is 2.13. The fraction of sp³-hybridized carbons (Fsp3) is 0.533. The molecule has 0 spiro atoms. The third-order valence-corrected chi connectivity index (χ3v) is 3.15. The van der Waals surface area contributed by atoms with Crippen LogP contribution in [-0.4, -0.2) is 25.2 Å². The molecule has 1 aromatic rings. The van der Waals surface area contributed by atoms with Crippen molar-refractivity contribution in [3.63, 3.8) is 0 Å². The van der Waals surface area contributed by atoms with Crippen molar-refractivity contribution in [3.8, 4) is 0 Å². The lowest BCUT2D eigenvalue weighted by atomic mass is 10.0. The highest BCUT2D eigenvalue weighted by Gasteiger charge is 2.17. The van der Waals surface area contributed by atoms with Gasteiger partial charge in [-0.1, -0.05) is 13.8 Å². The third-order valence-electron chi connectivity index (χ3n) is 3.15. The van der Waals surface area contributed by atoms with Crippen LogP contribution in [0, 0.1) is 12.8 Å². The van der Waals surface area contributed by atoms with Crippen molar-refractivity contribution in [2.45, 2.75) is 33.7 Å². The minimum absolute atomic E-state index is 0.0188. The number of anilines is 1. The lowest BCUT2D eigenvalue weighted by molar-refractivity contribution is 0.0806. The number of hydrogen-bond acceptors (Lipinski definition) is 3. The van der Waals surface area contributed by atoms with Crippen molar-refractivity contribution in [2.24, 2.45) is 5.92 Å². The zero-order valence-electron chi connectivity index (χ0n) is 12.2. The molecule has 0 aromatic heterocycles. The number of benzene rings is 1. The zero-order chi connectivity index (χ0) is 14.4. The summed E-state index contributed by atoms with van der Waals surface area (Å²) in [6.45, 7) is 9.17. The summed E-state index contributed by atoms with van der Waals surface area (Å²) in [5, 5.41) is 3.01. The Morgan fingerprint density at radius 2 is 2.11 bits per heavy atom. The summed E-state index contributed by atoms with van der Waals surface area (Å²) in [6, 6.07) is 5.33. The Balaban J connectivity index is 2.73. The lowest BCUT2D eigenvalue weighted by Gasteiger charge is -2.22. The van der Waals surface area contributed by atoms with Crippen LogP contribution < -0.4 is 11.1 Å². The number of ether oxygens (including phenoxy) is 1. The number of rotatable bonds is 6. The second kappa shape index (κ2) is 7.14. The molecule has 0 heterocycles. The van der Waals surface area contributed by atoms with Crippen molar-refractivity contribution < 1.29 is 9.53 Å². The van der Waals surface area contributed by atoms with Crippen LogP contribution in [0.5, 0.6) is 0 Å². The summed E-state index contributed by atoms with van der Waals surface area (Å²) in [4.78, 5) is 12.2. The quantitative estimate of drug-likeness (QED) is 0.775. The Labute approximate surface area is 115 Å². The van der Waals surface area contributed by atoms with E-state index in [0.717, 1.165) is 5.56 Å². The molecule has 0 aliphatic rings. The zero-order valence-corrected chi connectivity index (χ0v) is 12.2. The second-order valence-corrected chi connectivity index (χ2v) is 5.05. The van der Waals surface area contributed by atoms with Gasteiger partial charge in [0, 0.05) is 17.9 Å². The maximum absolute atomic E-state index is 12.2. The van der Waals surface area contributed by atoms with E-state index in [0.29, 0.717) is 30.4 Å². The smallest absolute Gasteiger partial charge is 0.251 e. The van der Waals surface area contributed by atoms with Crippen LogP contribution in [0.4, 0.5) is 5.69 Å². The minimum Gasteiger partial charge on any atom is -0.399 e. The van der Waals surface area contributed by atoms with Gasteiger partial charge in [-0.05, 0) is 43.5 Å². The molecule has 0 bridgehead atoms. The van der Waals surface area contributed by atoms with Crippen LogP contribution in [0.15, 0.2) is 18.2 Å². The van der Waals surface area contributed by atoms with Gasteiger partial charge in [-0.2, -0.15) is 0 Å². The van der Waals surface area contributed by atoms with Gasteiger partial charge in [0.25, 0.3) is 5.91 Å². The molecule has 1 atom stereocenters. The van der Waals surface area contributed by atoms with E-state index in [4.69, 9.17) is 10.5 Å². The van der Waals surface area contributed by atoms with Crippen molar-refractivity contribution >= 4 is 11.6 Å². The van der Waals surface area contributed by atoms with Gasteiger partial charge in [-0.15, -0.1) is 0 Å². The highest BCUT2D eigenvalue weighted by atomic mass is 16.5. The van der Waals surface area contributed by atoms with Crippen molar-refractivity contribution in [2.75, 3.05) is 18.9 Å². The summed E-state index contributed by atoms with van der Waals surface area (Å²) in [5.74, 6) is 0.242. The molecule has 0 radical (unpaired) electrons. The molecule has 4 heteroatoms. The maximum Gasteiger partial charge on any atom is 0.251 e. The van der Waals surface area contributed by atoms with E-state index in [1.54, 1.807) is 12.1 Å². The van der Waals surface area contributed by atoms with Gasteiger partial charge in [-0.3, -0.25) is 4.79 Å². The first-order chi connectivity index (χ1) is 8.95. The Morgan fingerprint density at radius 3 is 2.63 bits per heavy atom. The fourth-order valence-electron chi connectivity index (χ4n) is 1.71. The lowest BCUT2D eigenvalue weighted by Crippen LogP contribution is -2.41. The molecule has 0 fully saturated rings. The molecule has 19 heavy (non-hydrogen) atoms. The molecule has 4 nitrogen and oxygen atoms in total. The molecule has 0 saturated carbocycles. The molecular formula is C15H24N2O2. The Kier molecular flexibility index (Phi) is 5.83. The van der Waals surface area contributed by atoms with E-state index in [2.05, 4.69) is 19.2 Å². The van der Waals surface area contributed by atoms with Gasteiger partial charge in [0.2, 0.25) is 0 Å². The molecule has 0 aliphatic carbocycles. The summed E-state index contributed by atoms with van der Waals surface area (Å²) in [5.41, 5.74) is 8.00. The van der Waals surface area contributed by atoms with E-state index in [1.807, 2.05) is 19.9 Å². The monoisotopic (exact) mass is 264 g/mol. The number of carbonyl (C=O) groups excluding carboxylic acids is 1. The summed E-state index contributed by atoms with van der Waals surface area (Å²) < 4.78 is 5.40. The summed E-state index contributed by atoms with van der Waals surface area (Å²) in [7, 11) is 0. The van der Waals surface area contributed by atoms with Crippen LogP contribution in [0.25, 0.3) is 0 Å². The van der Waals surface area contributed by atoms with Crippen LogP contribution in [0.3, 0.4) is 0 Å². The number of aryl methyl sites for hydroxylation is 1. The van der Waals surface area contributed by atoms with Crippen LogP contribution in [0.2, 0.25) is 0 Å². The van der Waals surface area contributed by atoms with E-state index in [9.17, 15) is 4.79 Å². The van der Waals surface area contributed by atoms with Crippen LogP contribution in [-0.2, 0) is 4.74 Å². The molecule has 0 aliphatic heterocycles. The molecule has 1 unspecified atom stereocenters. The molecule has 1 amide bonds. The van der Waals surface area contributed by atoms with E-state index >= 15 is 0 Å². The second-order valence-electron chi connectivity index (χ2n) is 5.05. The van der Waals surface area contributed by atoms with E-state index < -0.39 is 0 Å². The topological polar surface area (TPSA) is 64.3 Å². The molecule has 3 N–H and O–H groups in total. The Hall–Kier alpha value is -1.55. The standard InChI is InChI=1S/C15H24N2O2/c1-5-19-9-14(10(2)3)17-15(18)12-6-7-13(16)11(4)8-12/h6-8,10,14H,5,9,16H2,1-4H3,(H,17,18). The van der Waals surface area contributed by atoms with Crippen molar-refractivity contribution in [1.29, 1.82) is 0 Å². The average Bonchev–Trinajstić information content (AvgIpc) is 2.37. The molecule has 106 valence electrons. The third kappa shape index (κ3) is 4.56. The van der Waals surface area contributed by atoms with Gasteiger partial charge >= 0.3 is 0 Å². The van der Waals surface area contributed by atoms with Gasteiger partial charge in [0.1, 0.15) is 0 Å². The largest absolute Gasteiger partial charge is 0.399 e. The van der Waals surface area contributed by atoms with E-state index in [-0.39, 0.29) is 11.9 Å². The number of nitrogens with one attached hydrogen (secondary N) is 1. The number of nitrogens with two attached hydrogens (primary N) is 1. The summed E-state index contributed by atoms with van der Waals surface area (Å²) in [6.07, 6.45) is 0. The maximum atomic E-state index is 12.2. The number of hydrogen-bond donors (Lipinski definition) is 2. The van der Waals surface area contributed by atoms with Crippen LogP contribution >= 0.6 is 0 Å². The molecule has 0 saturated heterocycles. The predicted octanol–water partition coefficient (Wildman–Crippen LogP) is 2.37. The van der Waals surface area contributed by atoms with Gasteiger partial charge in [0.15, 0.2) is 0 Å².